The first-order valence-electron chi connectivity index (χ1n) is 3.06. The first-order chi connectivity index (χ1) is 4.36. The summed E-state index contributed by atoms with van der Waals surface area (Å²) in [5.41, 5.74) is 0. The molecule has 0 aliphatic rings. The van der Waals surface area contributed by atoms with Crippen molar-refractivity contribution < 1.29 is 39.4 Å². The van der Waals surface area contributed by atoms with Gasteiger partial charge >= 0.3 is 29.6 Å². The van der Waals surface area contributed by atoms with Gasteiger partial charge < -0.3 is 1.43 Å². The zero-order chi connectivity index (χ0) is 8.36. The molecule has 0 rings (SSSR count). The predicted octanol–water partition coefficient (Wildman–Crippen LogP) is -3.09. The van der Waals surface area contributed by atoms with Crippen LogP contribution in [-0.4, -0.2) is 32.9 Å². The summed E-state index contributed by atoms with van der Waals surface area (Å²) in [5.74, 6) is 0. The van der Waals surface area contributed by atoms with Crippen LogP contribution in [0.15, 0.2) is 0 Å². The molecule has 0 heterocycles. The van der Waals surface area contributed by atoms with Crippen molar-refractivity contribution in [2.24, 2.45) is 0 Å². The fourth-order valence-electron chi connectivity index (χ4n) is 0.403. The van der Waals surface area contributed by atoms with Crippen LogP contribution in [-0.2, 0) is 10.2 Å². The van der Waals surface area contributed by atoms with Crippen molar-refractivity contribution in [2.75, 3.05) is 14.1 Å². The van der Waals surface area contributed by atoms with Crippen LogP contribution in [0, 0.1) is 0 Å². The second-order valence-corrected chi connectivity index (χ2v) is 4.48. The minimum absolute atomic E-state index is 0. The molecule has 0 unspecified atom stereocenters. The van der Waals surface area contributed by atoms with E-state index in [1.165, 1.54) is 14.1 Å². The maximum absolute atomic E-state index is 11.0. The molecule has 64 valence electrons. The van der Waals surface area contributed by atoms with Gasteiger partial charge in [0.15, 0.2) is 0 Å². The second kappa shape index (κ2) is 5.50. The third kappa shape index (κ3) is 6.07. The number of nitrogens with one attached hydrogen (secondary N) is 1. The van der Waals surface area contributed by atoms with E-state index in [-0.39, 0.29) is 37.0 Å². The average Bonchev–Trinajstić information content (AvgIpc) is 1.60. The molecule has 0 aromatic rings. The fourth-order valence-corrected chi connectivity index (χ4v) is 1.21. The van der Waals surface area contributed by atoms with Crippen molar-refractivity contribution in [2.45, 2.75) is 19.9 Å². The Hall–Kier alpha value is 0.870. The van der Waals surface area contributed by atoms with Gasteiger partial charge in [-0.2, -0.15) is 17.4 Å². The van der Waals surface area contributed by atoms with Crippen molar-refractivity contribution in [1.82, 2.24) is 9.03 Å². The standard InChI is InChI=1S/C5H14N2O2S.Na.H/c1-5(2)6-10(8,9)7(3)4;;/h5-6H,1-4H3;;/q;+1;-1. The number of hydrogen-bond donors (Lipinski definition) is 1. The Morgan fingerprint density at radius 2 is 1.73 bits per heavy atom. The first-order valence-corrected chi connectivity index (χ1v) is 4.50. The Morgan fingerprint density at radius 1 is 1.36 bits per heavy atom. The third-order valence-electron chi connectivity index (χ3n) is 0.865. The van der Waals surface area contributed by atoms with E-state index in [0.717, 1.165) is 4.31 Å². The third-order valence-corrected chi connectivity index (χ3v) is 2.60. The first kappa shape index (κ1) is 14.4. The summed E-state index contributed by atoms with van der Waals surface area (Å²) < 4.78 is 25.5. The monoisotopic (exact) mass is 190 g/mol. The molecule has 6 heteroatoms. The van der Waals surface area contributed by atoms with Crippen LogP contribution in [0.3, 0.4) is 0 Å². The Bertz CT molecular complexity index is 194. The molecule has 11 heavy (non-hydrogen) atoms. The van der Waals surface area contributed by atoms with E-state index >= 15 is 0 Å². The molecule has 0 aromatic carbocycles. The smallest absolute Gasteiger partial charge is 1.00 e. The summed E-state index contributed by atoms with van der Waals surface area (Å²) in [6.45, 7) is 3.56. The second-order valence-electron chi connectivity index (χ2n) is 2.56. The van der Waals surface area contributed by atoms with Gasteiger partial charge in [0.05, 0.1) is 0 Å². The summed E-state index contributed by atoms with van der Waals surface area (Å²) in [6, 6.07) is -0.0487. The maximum atomic E-state index is 11.0. The summed E-state index contributed by atoms with van der Waals surface area (Å²) in [7, 11) is -0.233. The Kier molecular flexibility index (Phi) is 7.20. The summed E-state index contributed by atoms with van der Waals surface area (Å²) in [6.07, 6.45) is 0. The topological polar surface area (TPSA) is 49.4 Å². The van der Waals surface area contributed by atoms with Crippen LogP contribution < -0.4 is 34.3 Å². The zero-order valence-electron chi connectivity index (χ0n) is 8.75. The van der Waals surface area contributed by atoms with Crippen LogP contribution in [0.5, 0.6) is 0 Å². The van der Waals surface area contributed by atoms with Gasteiger partial charge in [0.25, 0.3) is 10.2 Å². The van der Waals surface area contributed by atoms with Crippen molar-refractivity contribution in [3.05, 3.63) is 0 Å². The number of hydrogen-bond acceptors (Lipinski definition) is 2. The number of rotatable bonds is 3. The zero-order valence-corrected chi connectivity index (χ0v) is 10.6. The Balaban J connectivity index is -0.000000405. The SMILES string of the molecule is CC(C)NS(=O)(=O)N(C)C.[H-].[Na+]. The van der Waals surface area contributed by atoms with E-state index in [1.54, 1.807) is 13.8 Å². The van der Waals surface area contributed by atoms with Gasteiger partial charge in [-0.1, -0.05) is 0 Å². The summed E-state index contributed by atoms with van der Waals surface area (Å²) in [5, 5.41) is 0. The van der Waals surface area contributed by atoms with Crippen molar-refractivity contribution in [3.63, 3.8) is 0 Å². The van der Waals surface area contributed by atoms with Crippen molar-refractivity contribution in [1.29, 1.82) is 0 Å². The van der Waals surface area contributed by atoms with Crippen LogP contribution in [0.2, 0.25) is 0 Å². The Labute approximate surface area is 92.3 Å². The molecular formula is C5H15N2NaO2S. The maximum Gasteiger partial charge on any atom is 1.00 e. The normalized spacial score (nSPS) is 11.8. The van der Waals surface area contributed by atoms with Gasteiger partial charge in [-0.3, -0.25) is 0 Å². The molecule has 0 aliphatic heterocycles. The van der Waals surface area contributed by atoms with E-state index in [2.05, 4.69) is 4.72 Å². The van der Waals surface area contributed by atoms with Crippen molar-refractivity contribution in [3.8, 4) is 0 Å². The van der Waals surface area contributed by atoms with Crippen molar-refractivity contribution >= 4 is 10.2 Å². The van der Waals surface area contributed by atoms with E-state index in [4.69, 9.17) is 0 Å². The fraction of sp³-hybridized carbons (Fsp3) is 1.00. The van der Waals surface area contributed by atoms with Gasteiger partial charge in [0.2, 0.25) is 0 Å². The molecule has 1 N–H and O–H groups in total. The summed E-state index contributed by atoms with van der Waals surface area (Å²) >= 11 is 0. The van der Waals surface area contributed by atoms with E-state index < -0.39 is 10.2 Å². The predicted molar refractivity (Wildman–Crippen MR) is 42.0 cm³/mol. The summed E-state index contributed by atoms with van der Waals surface area (Å²) in [4.78, 5) is 0. The molecule has 0 bridgehead atoms. The van der Waals surface area contributed by atoms with Crippen LogP contribution in [0.1, 0.15) is 15.3 Å². The quantitative estimate of drug-likeness (QED) is 0.479. The average molecular weight is 190 g/mol. The van der Waals surface area contributed by atoms with Crippen LogP contribution in [0.4, 0.5) is 0 Å². The molecule has 4 nitrogen and oxygen atoms in total. The molecule has 0 aliphatic carbocycles. The van der Waals surface area contributed by atoms with Gasteiger partial charge in [0.1, 0.15) is 0 Å². The molecule has 0 atom stereocenters. The minimum Gasteiger partial charge on any atom is -1.00 e. The molecule has 0 fully saturated rings. The molecule has 0 saturated carbocycles. The largest absolute Gasteiger partial charge is 1.00 e. The van der Waals surface area contributed by atoms with E-state index in [0.29, 0.717) is 0 Å². The van der Waals surface area contributed by atoms with Crippen LogP contribution in [0.25, 0.3) is 0 Å². The van der Waals surface area contributed by atoms with Gasteiger partial charge in [-0.25, -0.2) is 0 Å². The minimum atomic E-state index is -3.21. The number of nitrogens with zero attached hydrogens (tertiary/aromatic N) is 1. The van der Waals surface area contributed by atoms with E-state index in [9.17, 15) is 8.42 Å². The van der Waals surface area contributed by atoms with Gasteiger partial charge in [-0.05, 0) is 13.8 Å². The Morgan fingerprint density at radius 3 is 1.82 bits per heavy atom. The molecule has 0 amide bonds. The van der Waals surface area contributed by atoms with Crippen LogP contribution >= 0.6 is 0 Å². The van der Waals surface area contributed by atoms with Gasteiger partial charge in [0, 0.05) is 20.1 Å². The molecule has 0 aromatic heterocycles. The molecule has 0 spiro atoms. The molecule has 0 saturated heterocycles. The van der Waals surface area contributed by atoms with E-state index in [1.807, 2.05) is 0 Å². The molecular weight excluding hydrogens is 175 g/mol. The molecule has 0 radical (unpaired) electrons. The van der Waals surface area contributed by atoms with Gasteiger partial charge in [-0.15, -0.1) is 0 Å².